The maximum absolute atomic E-state index is 11.8. The summed E-state index contributed by atoms with van der Waals surface area (Å²) in [5.74, 6) is 1.48. The van der Waals surface area contributed by atoms with Gasteiger partial charge in [0.2, 0.25) is 5.91 Å². The number of hydrogen-bond acceptors (Lipinski definition) is 2. The Bertz CT molecular complexity index is 530. The number of halogens is 1. The van der Waals surface area contributed by atoms with Gasteiger partial charge in [0.05, 0.1) is 6.54 Å². The second kappa shape index (κ2) is 12.1. The molecule has 1 aromatic carbocycles. The van der Waals surface area contributed by atoms with E-state index in [9.17, 15) is 4.79 Å². The van der Waals surface area contributed by atoms with E-state index in [-0.39, 0.29) is 29.9 Å². The van der Waals surface area contributed by atoms with Crippen molar-refractivity contribution in [3.63, 3.8) is 0 Å². The van der Waals surface area contributed by atoms with Crippen molar-refractivity contribution in [1.82, 2.24) is 5.32 Å². The van der Waals surface area contributed by atoms with Gasteiger partial charge in [0, 0.05) is 18.7 Å². The molecule has 1 rings (SSSR count). The van der Waals surface area contributed by atoms with Gasteiger partial charge in [-0.2, -0.15) is 0 Å². The average molecular weight is 446 g/mol. The minimum atomic E-state index is 0. The maximum atomic E-state index is 11.8. The maximum Gasteiger partial charge on any atom is 0.224 e. The summed E-state index contributed by atoms with van der Waals surface area (Å²) in [4.78, 5) is 16.1. The Morgan fingerprint density at radius 3 is 2.54 bits per heavy atom. The molecule has 0 aliphatic rings. The van der Waals surface area contributed by atoms with Crippen LogP contribution in [-0.4, -0.2) is 18.4 Å². The van der Waals surface area contributed by atoms with Crippen molar-refractivity contribution in [2.45, 2.75) is 47.1 Å². The summed E-state index contributed by atoms with van der Waals surface area (Å²) < 4.78 is 0. The van der Waals surface area contributed by atoms with E-state index in [1.165, 1.54) is 0 Å². The van der Waals surface area contributed by atoms with Gasteiger partial charge in [-0.1, -0.05) is 39.8 Å². The van der Waals surface area contributed by atoms with Crippen molar-refractivity contribution in [3.05, 3.63) is 29.8 Å². The zero-order chi connectivity index (χ0) is 17.2. The summed E-state index contributed by atoms with van der Waals surface area (Å²) >= 11 is 0. The van der Waals surface area contributed by atoms with E-state index >= 15 is 0 Å². The molecule has 0 aromatic heterocycles. The number of guanidine groups is 1. The molecular formula is C18H31IN4O. The molecular weight excluding hydrogens is 415 g/mol. The van der Waals surface area contributed by atoms with E-state index in [1.54, 1.807) is 0 Å². The fourth-order valence-electron chi connectivity index (χ4n) is 2.05. The molecule has 0 aliphatic heterocycles. The third kappa shape index (κ3) is 10.5. The number of carbonyl (C=O) groups excluding carboxylic acids is 1. The van der Waals surface area contributed by atoms with Crippen LogP contribution in [0.15, 0.2) is 29.3 Å². The summed E-state index contributed by atoms with van der Waals surface area (Å²) in [7, 11) is 0. The van der Waals surface area contributed by atoms with Crippen LogP contribution in [0.1, 0.15) is 46.1 Å². The highest BCUT2D eigenvalue weighted by molar-refractivity contribution is 14.0. The van der Waals surface area contributed by atoms with Gasteiger partial charge in [0.1, 0.15) is 0 Å². The molecule has 1 amide bonds. The number of nitrogens with two attached hydrogens (primary N) is 1. The molecule has 0 heterocycles. The summed E-state index contributed by atoms with van der Waals surface area (Å²) in [6.07, 6.45) is 1.59. The minimum Gasteiger partial charge on any atom is -0.370 e. The standard InChI is InChI=1S/C18H30N4O.HI/c1-13(2)8-9-20-18(19)21-12-15-6-5-7-16(11-15)22-17(23)10-14(3)4;/h5-7,11,13-14H,8-10,12H2,1-4H3,(H,22,23)(H3,19,20,21);1H. The molecule has 0 unspecified atom stereocenters. The lowest BCUT2D eigenvalue weighted by atomic mass is 10.1. The highest BCUT2D eigenvalue weighted by Gasteiger charge is 2.05. The van der Waals surface area contributed by atoms with E-state index in [4.69, 9.17) is 5.73 Å². The number of hydrogen-bond donors (Lipinski definition) is 3. The lowest BCUT2D eigenvalue weighted by Gasteiger charge is -2.09. The van der Waals surface area contributed by atoms with Gasteiger partial charge in [-0.15, -0.1) is 24.0 Å². The third-order valence-electron chi connectivity index (χ3n) is 3.26. The number of aliphatic imine (C=N–C) groups is 1. The van der Waals surface area contributed by atoms with E-state index in [2.05, 4.69) is 29.5 Å². The number of amides is 1. The van der Waals surface area contributed by atoms with Crippen LogP contribution in [0.3, 0.4) is 0 Å². The summed E-state index contributed by atoms with van der Waals surface area (Å²) in [6.45, 7) is 9.73. The molecule has 0 atom stereocenters. The molecule has 0 fully saturated rings. The van der Waals surface area contributed by atoms with Crippen LogP contribution in [0.25, 0.3) is 0 Å². The van der Waals surface area contributed by atoms with Gasteiger partial charge in [-0.3, -0.25) is 4.79 Å². The summed E-state index contributed by atoms with van der Waals surface area (Å²) in [5.41, 5.74) is 7.67. The molecule has 0 spiro atoms. The van der Waals surface area contributed by atoms with Crippen molar-refractivity contribution < 1.29 is 4.79 Å². The lowest BCUT2D eigenvalue weighted by Crippen LogP contribution is -2.32. The predicted molar refractivity (Wildman–Crippen MR) is 113 cm³/mol. The fraction of sp³-hybridized carbons (Fsp3) is 0.556. The molecule has 0 radical (unpaired) electrons. The van der Waals surface area contributed by atoms with Crippen LogP contribution in [0, 0.1) is 11.8 Å². The minimum absolute atomic E-state index is 0. The van der Waals surface area contributed by atoms with Crippen molar-refractivity contribution >= 4 is 41.5 Å². The van der Waals surface area contributed by atoms with Crippen LogP contribution >= 0.6 is 24.0 Å². The van der Waals surface area contributed by atoms with Gasteiger partial charge < -0.3 is 16.4 Å². The molecule has 0 saturated carbocycles. The first kappa shape index (κ1) is 22.7. The SMILES string of the molecule is CC(C)CCNC(N)=NCc1cccc(NC(=O)CC(C)C)c1.I. The first-order valence-electron chi connectivity index (χ1n) is 8.29. The fourth-order valence-corrected chi connectivity index (χ4v) is 2.05. The van der Waals surface area contributed by atoms with E-state index < -0.39 is 0 Å². The lowest BCUT2D eigenvalue weighted by molar-refractivity contribution is -0.116. The third-order valence-corrected chi connectivity index (χ3v) is 3.26. The van der Waals surface area contributed by atoms with E-state index in [0.717, 1.165) is 24.2 Å². The summed E-state index contributed by atoms with van der Waals surface area (Å²) in [5, 5.41) is 6.02. The Morgan fingerprint density at radius 1 is 1.21 bits per heavy atom. The van der Waals surface area contributed by atoms with Crippen LogP contribution in [0.4, 0.5) is 5.69 Å². The molecule has 0 aliphatic carbocycles. The van der Waals surface area contributed by atoms with Crippen LogP contribution in [0.5, 0.6) is 0 Å². The molecule has 136 valence electrons. The van der Waals surface area contributed by atoms with Crippen molar-refractivity contribution in [1.29, 1.82) is 0 Å². The summed E-state index contributed by atoms with van der Waals surface area (Å²) in [6, 6.07) is 7.71. The van der Waals surface area contributed by atoms with Gasteiger partial charge in [-0.05, 0) is 36.0 Å². The van der Waals surface area contributed by atoms with Crippen LogP contribution in [0.2, 0.25) is 0 Å². The predicted octanol–water partition coefficient (Wildman–Crippen LogP) is 3.74. The van der Waals surface area contributed by atoms with Crippen molar-refractivity contribution in [3.8, 4) is 0 Å². The van der Waals surface area contributed by atoms with Crippen LogP contribution in [-0.2, 0) is 11.3 Å². The second-order valence-electron chi connectivity index (χ2n) is 6.66. The smallest absolute Gasteiger partial charge is 0.224 e. The topological polar surface area (TPSA) is 79.5 Å². The van der Waals surface area contributed by atoms with Gasteiger partial charge in [0.25, 0.3) is 0 Å². The zero-order valence-corrected chi connectivity index (χ0v) is 17.5. The highest BCUT2D eigenvalue weighted by atomic mass is 127. The average Bonchev–Trinajstić information content (AvgIpc) is 2.44. The largest absolute Gasteiger partial charge is 0.370 e. The number of nitrogens with zero attached hydrogens (tertiary/aromatic N) is 1. The zero-order valence-electron chi connectivity index (χ0n) is 15.1. The Balaban J connectivity index is 0.00000529. The van der Waals surface area contributed by atoms with Crippen LogP contribution < -0.4 is 16.4 Å². The molecule has 0 bridgehead atoms. The monoisotopic (exact) mass is 446 g/mol. The molecule has 1 aromatic rings. The first-order chi connectivity index (χ1) is 10.9. The number of benzene rings is 1. The Morgan fingerprint density at radius 2 is 1.92 bits per heavy atom. The Kier molecular flexibility index (Phi) is 11.4. The molecule has 24 heavy (non-hydrogen) atoms. The number of rotatable bonds is 8. The molecule has 5 nitrogen and oxygen atoms in total. The molecule has 6 heteroatoms. The molecule has 4 N–H and O–H groups in total. The van der Waals surface area contributed by atoms with Crippen molar-refractivity contribution in [2.75, 3.05) is 11.9 Å². The second-order valence-corrected chi connectivity index (χ2v) is 6.66. The number of carbonyl (C=O) groups is 1. The normalized spacial score (nSPS) is 11.3. The van der Waals surface area contributed by atoms with E-state index in [0.29, 0.717) is 30.8 Å². The number of nitrogens with one attached hydrogen (secondary N) is 2. The van der Waals surface area contributed by atoms with Gasteiger partial charge in [-0.25, -0.2) is 4.99 Å². The van der Waals surface area contributed by atoms with Crippen molar-refractivity contribution in [2.24, 2.45) is 22.6 Å². The Labute approximate surface area is 162 Å². The first-order valence-corrected chi connectivity index (χ1v) is 8.29. The number of anilines is 1. The van der Waals surface area contributed by atoms with Gasteiger partial charge in [0.15, 0.2) is 5.96 Å². The molecule has 0 saturated heterocycles. The van der Waals surface area contributed by atoms with E-state index in [1.807, 2.05) is 38.1 Å². The Hall–Kier alpha value is -1.31. The van der Waals surface area contributed by atoms with Gasteiger partial charge >= 0.3 is 0 Å². The highest BCUT2D eigenvalue weighted by Crippen LogP contribution is 2.13. The quantitative estimate of drug-likeness (QED) is 0.323.